The van der Waals surface area contributed by atoms with Crippen LogP contribution in [0.15, 0.2) is 36.8 Å². The molecule has 0 bridgehead atoms. The number of ether oxygens (including phenoxy) is 2. The summed E-state index contributed by atoms with van der Waals surface area (Å²) in [6.45, 7) is 0.896. The van der Waals surface area contributed by atoms with Gasteiger partial charge in [-0.2, -0.15) is 0 Å². The molecule has 0 aliphatic carbocycles. The number of nitrogens with zero attached hydrogens (tertiary/aromatic N) is 2. The molecule has 10 nitrogen and oxygen atoms in total. The molecule has 1 atom stereocenters. The molecule has 11 heteroatoms. The van der Waals surface area contributed by atoms with Gasteiger partial charge in [-0.05, 0) is 17.7 Å². The van der Waals surface area contributed by atoms with Gasteiger partial charge in [-0.3, -0.25) is 14.6 Å². The molecule has 1 aliphatic heterocycles. The molecule has 1 aliphatic rings. The summed E-state index contributed by atoms with van der Waals surface area (Å²) < 4.78 is 11.0. The lowest BCUT2D eigenvalue weighted by atomic mass is 9.92. The molecule has 2 aromatic rings. The quantitative estimate of drug-likeness (QED) is 0.431. The Kier molecular flexibility index (Phi) is 6.40. The summed E-state index contributed by atoms with van der Waals surface area (Å²) in [5.74, 6) is 0.0347. The highest BCUT2D eigenvalue weighted by atomic mass is 16.6. The molecule has 28 heavy (non-hydrogen) atoms. The number of hydrogen-bond donors (Lipinski definition) is 4. The largest absolute Gasteiger partial charge is 0.486 e. The van der Waals surface area contributed by atoms with Gasteiger partial charge in [0.25, 0.3) is 5.91 Å². The van der Waals surface area contributed by atoms with Crippen LogP contribution in [0.25, 0.3) is 0 Å². The van der Waals surface area contributed by atoms with Gasteiger partial charge in [-0.25, -0.2) is 4.98 Å². The van der Waals surface area contributed by atoms with Crippen molar-refractivity contribution in [1.29, 1.82) is 0 Å². The van der Waals surface area contributed by atoms with Crippen LogP contribution in [0.2, 0.25) is 0 Å². The average Bonchev–Trinajstić information content (AvgIpc) is 2.72. The highest BCUT2D eigenvalue weighted by Crippen LogP contribution is 2.31. The molecule has 0 saturated carbocycles. The maximum atomic E-state index is 12.5. The monoisotopic (exact) mass is 386 g/mol. The van der Waals surface area contributed by atoms with Gasteiger partial charge >= 0.3 is 7.12 Å². The van der Waals surface area contributed by atoms with Crippen LogP contribution in [-0.4, -0.2) is 64.6 Å². The highest BCUT2D eigenvalue weighted by Gasteiger charge is 2.24. The number of rotatable bonds is 7. The Labute approximate surface area is 161 Å². The van der Waals surface area contributed by atoms with Gasteiger partial charge in [0, 0.05) is 18.8 Å². The third-order valence-electron chi connectivity index (χ3n) is 3.92. The van der Waals surface area contributed by atoms with Gasteiger partial charge in [0.15, 0.2) is 11.5 Å². The van der Waals surface area contributed by atoms with Crippen LogP contribution < -0.4 is 20.1 Å². The summed E-state index contributed by atoms with van der Waals surface area (Å²) in [5, 5.41) is 22.9. The van der Waals surface area contributed by atoms with E-state index in [2.05, 4.69) is 20.6 Å². The number of benzene rings is 1. The Morgan fingerprint density at radius 1 is 1.18 bits per heavy atom. The minimum Gasteiger partial charge on any atom is -0.486 e. The summed E-state index contributed by atoms with van der Waals surface area (Å²) in [6.07, 6.45) is 3.87. The van der Waals surface area contributed by atoms with Crippen molar-refractivity contribution in [3.8, 4) is 11.5 Å². The van der Waals surface area contributed by atoms with Gasteiger partial charge in [0.2, 0.25) is 5.91 Å². The molecule has 0 saturated heterocycles. The fourth-order valence-corrected chi connectivity index (χ4v) is 2.62. The van der Waals surface area contributed by atoms with Crippen molar-refractivity contribution in [2.24, 2.45) is 0 Å². The molecule has 2 amide bonds. The maximum absolute atomic E-state index is 12.5. The van der Waals surface area contributed by atoms with E-state index in [4.69, 9.17) is 19.5 Å². The van der Waals surface area contributed by atoms with Crippen molar-refractivity contribution in [2.45, 2.75) is 12.5 Å². The molecule has 1 aromatic carbocycles. The van der Waals surface area contributed by atoms with E-state index in [1.165, 1.54) is 18.6 Å². The van der Waals surface area contributed by atoms with Crippen molar-refractivity contribution in [3.05, 3.63) is 48.0 Å². The Bertz CT molecular complexity index is 836. The zero-order chi connectivity index (χ0) is 19.9. The lowest BCUT2D eigenvalue weighted by Gasteiger charge is -2.21. The first-order valence-electron chi connectivity index (χ1n) is 8.62. The van der Waals surface area contributed by atoms with E-state index in [-0.39, 0.29) is 18.6 Å². The molecule has 0 fully saturated rings. The SMILES string of the molecule is O=C(NC(Cc1ccc2c(c1)OCCO2)C(=O)NCB(O)O)c1cnccn1. The first-order chi connectivity index (χ1) is 13.5. The van der Waals surface area contributed by atoms with E-state index >= 15 is 0 Å². The summed E-state index contributed by atoms with van der Waals surface area (Å²) in [5.41, 5.74) is 0.790. The van der Waals surface area contributed by atoms with E-state index in [0.29, 0.717) is 24.7 Å². The van der Waals surface area contributed by atoms with E-state index in [1.54, 1.807) is 18.2 Å². The number of carbonyl (C=O) groups excluding carboxylic acids is 2. The zero-order valence-electron chi connectivity index (χ0n) is 14.9. The predicted molar refractivity (Wildman–Crippen MR) is 97.6 cm³/mol. The maximum Gasteiger partial charge on any atom is 0.472 e. The molecule has 1 unspecified atom stereocenters. The minimum absolute atomic E-state index is 0.0599. The number of fused-ring (bicyclic) bond motifs is 1. The van der Waals surface area contributed by atoms with Gasteiger partial charge in [0.05, 0.1) is 12.6 Å². The average molecular weight is 386 g/mol. The number of aromatic nitrogens is 2. The minimum atomic E-state index is -1.70. The van der Waals surface area contributed by atoms with Crippen molar-refractivity contribution in [1.82, 2.24) is 20.6 Å². The van der Waals surface area contributed by atoms with Crippen molar-refractivity contribution in [2.75, 3.05) is 19.7 Å². The highest BCUT2D eigenvalue weighted by molar-refractivity contribution is 6.41. The molecule has 0 radical (unpaired) electrons. The molecular weight excluding hydrogens is 367 g/mol. The Morgan fingerprint density at radius 3 is 2.68 bits per heavy atom. The second-order valence-electron chi connectivity index (χ2n) is 6.02. The zero-order valence-corrected chi connectivity index (χ0v) is 14.9. The van der Waals surface area contributed by atoms with E-state index in [9.17, 15) is 9.59 Å². The Hall–Kier alpha value is -3.18. The Balaban J connectivity index is 1.75. The lowest BCUT2D eigenvalue weighted by molar-refractivity contribution is -0.122. The van der Waals surface area contributed by atoms with Crippen LogP contribution in [-0.2, 0) is 11.2 Å². The van der Waals surface area contributed by atoms with Crippen LogP contribution in [0.5, 0.6) is 11.5 Å². The van der Waals surface area contributed by atoms with E-state index < -0.39 is 25.0 Å². The summed E-state index contributed by atoms with van der Waals surface area (Å²) >= 11 is 0. The van der Waals surface area contributed by atoms with Crippen molar-refractivity contribution in [3.63, 3.8) is 0 Å². The summed E-state index contributed by atoms with van der Waals surface area (Å²) in [6, 6.07) is 4.27. The molecule has 3 rings (SSSR count). The topological polar surface area (TPSA) is 143 Å². The predicted octanol–water partition coefficient (Wildman–Crippen LogP) is -1.28. The van der Waals surface area contributed by atoms with E-state index in [0.717, 1.165) is 5.56 Å². The molecule has 0 spiro atoms. The molecule has 4 N–H and O–H groups in total. The first kappa shape index (κ1) is 19.6. The van der Waals surface area contributed by atoms with Crippen molar-refractivity contribution < 1.29 is 29.1 Å². The summed E-state index contributed by atoms with van der Waals surface area (Å²) in [4.78, 5) is 32.6. The molecular formula is C17H19BN4O6. The number of amides is 2. The molecule has 1 aromatic heterocycles. The number of hydrogen-bond acceptors (Lipinski definition) is 8. The Morgan fingerprint density at radius 2 is 1.96 bits per heavy atom. The van der Waals surface area contributed by atoms with Gasteiger partial charge < -0.3 is 30.2 Å². The third kappa shape index (κ3) is 5.18. The van der Waals surface area contributed by atoms with Crippen LogP contribution in [0.3, 0.4) is 0 Å². The van der Waals surface area contributed by atoms with Crippen LogP contribution in [0, 0.1) is 0 Å². The van der Waals surface area contributed by atoms with Crippen molar-refractivity contribution >= 4 is 18.9 Å². The van der Waals surface area contributed by atoms with Crippen LogP contribution in [0.1, 0.15) is 16.1 Å². The second-order valence-corrected chi connectivity index (χ2v) is 6.02. The fraction of sp³-hybridized carbons (Fsp3) is 0.294. The molecule has 146 valence electrons. The van der Waals surface area contributed by atoms with Gasteiger partial charge in [-0.15, -0.1) is 0 Å². The first-order valence-corrected chi connectivity index (χ1v) is 8.62. The second kappa shape index (κ2) is 9.15. The van der Waals surface area contributed by atoms with Gasteiger partial charge in [0.1, 0.15) is 24.9 Å². The number of carbonyl (C=O) groups is 2. The van der Waals surface area contributed by atoms with Gasteiger partial charge in [-0.1, -0.05) is 6.07 Å². The fourth-order valence-electron chi connectivity index (χ4n) is 2.62. The third-order valence-corrected chi connectivity index (χ3v) is 3.92. The molecule has 2 heterocycles. The van der Waals surface area contributed by atoms with Crippen LogP contribution in [0.4, 0.5) is 0 Å². The van der Waals surface area contributed by atoms with E-state index in [1.807, 2.05) is 0 Å². The number of nitrogens with one attached hydrogen (secondary N) is 2. The standard InChI is InChI=1S/C17H19BN4O6/c23-16(21-10-18(25)26)12(22-17(24)13-9-19-3-4-20-13)7-11-1-2-14-15(8-11)28-6-5-27-14/h1-4,8-9,12,25-26H,5-7,10H2,(H,21,23)(H,22,24). The lowest BCUT2D eigenvalue weighted by Crippen LogP contribution is -2.50. The normalized spacial score (nSPS) is 13.4. The summed E-state index contributed by atoms with van der Waals surface area (Å²) in [7, 11) is -1.70. The van der Waals surface area contributed by atoms with Crippen LogP contribution >= 0.6 is 0 Å². The smallest absolute Gasteiger partial charge is 0.472 e.